The number of aromatic nitrogens is 2. The van der Waals surface area contributed by atoms with Crippen molar-refractivity contribution in [2.75, 3.05) is 0 Å². The zero-order valence-corrected chi connectivity index (χ0v) is 11.6. The minimum absolute atomic E-state index is 0.0430. The molecule has 0 saturated heterocycles. The predicted molar refractivity (Wildman–Crippen MR) is 77.6 cm³/mol. The summed E-state index contributed by atoms with van der Waals surface area (Å²) >= 11 is 0. The monoisotopic (exact) mass is 271 g/mol. The zero-order valence-electron chi connectivity index (χ0n) is 11.6. The highest BCUT2D eigenvalue weighted by Gasteiger charge is 2.13. The molecule has 0 radical (unpaired) electrons. The van der Waals surface area contributed by atoms with Crippen LogP contribution in [-0.2, 0) is 12.8 Å². The molecule has 104 valence electrons. The van der Waals surface area contributed by atoms with Crippen LogP contribution >= 0.6 is 0 Å². The highest BCUT2D eigenvalue weighted by atomic mass is 16.2. The molecular weight excluding hydrogens is 254 g/mol. The van der Waals surface area contributed by atoms with E-state index >= 15 is 0 Å². The number of nitrogens with one attached hydrogen (secondary N) is 1. The van der Waals surface area contributed by atoms with Gasteiger partial charge in [-0.2, -0.15) is 0 Å². The molecule has 0 aliphatic carbocycles. The minimum atomic E-state index is -0.736. The molecule has 2 heterocycles. The van der Waals surface area contributed by atoms with Gasteiger partial charge >= 0.3 is 0 Å². The van der Waals surface area contributed by atoms with E-state index in [1.54, 1.807) is 6.20 Å². The molecule has 0 aliphatic heterocycles. The van der Waals surface area contributed by atoms with Crippen molar-refractivity contribution in [3.63, 3.8) is 0 Å². The third-order valence-corrected chi connectivity index (χ3v) is 3.25. The second-order valence-electron chi connectivity index (χ2n) is 4.53. The van der Waals surface area contributed by atoms with E-state index in [1.165, 1.54) is 6.07 Å². The Balaban J connectivity index is 2.61. The summed E-state index contributed by atoms with van der Waals surface area (Å²) in [6.45, 7) is 3.98. The normalized spacial score (nSPS) is 10.5. The molecule has 3 N–H and O–H groups in total. The average Bonchev–Trinajstić information content (AvgIpc) is 2.46. The molecule has 2 aromatic rings. The summed E-state index contributed by atoms with van der Waals surface area (Å²) < 4.78 is 0. The number of nitrogens with two attached hydrogens (primary N) is 1. The van der Waals surface area contributed by atoms with Crippen LogP contribution in [0.25, 0.3) is 11.3 Å². The molecule has 0 spiro atoms. The van der Waals surface area contributed by atoms with Crippen molar-refractivity contribution in [2.45, 2.75) is 26.7 Å². The quantitative estimate of drug-likeness (QED) is 0.886. The molecule has 20 heavy (non-hydrogen) atoms. The van der Waals surface area contributed by atoms with Crippen LogP contribution in [0.2, 0.25) is 0 Å². The van der Waals surface area contributed by atoms with E-state index in [0.29, 0.717) is 6.42 Å². The lowest BCUT2D eigenvalue weighted by molar-refractivity contribution is 0.0999. The van der Waals surface area contributed by atoms with Crippen LogP contribution in [0.3, 0.4) is 0 Å². The Kier molecular flexibility index (Phi) is 3.98. The molecule has 0 fully saturated rings. The van der Waals surface area contributed by atoms with Gasteiger partial charge in [0.05, 0.1) is 5.69 Å². The lowest BCUT2D eigenvalue weighted by atomic mass is 10.0. The van der Waals surface area contributed by atoms with Crippen molar-refractivity contribution in [1.29, 1.82) is 0 Å². The second kappa shape index (κ2) is 5.69. The van der Waals surface area contributed by atoms with E-state index in [9.17, 15) is 9.59 Å². The fourth-order valence-electron chi connectivity index (χ4n) is 2.05. The lowest BCUT2D eigenvalue weighted by Crippen LogP contribution is -2.24. The molecule has 0 atom stereocenters. The minimum Gasteiger partial charge on any atom is -0.365 e. The number of H-pyrrole nitrogens is 1. The maximum atomic E-state index is 11.7. The Bertz CT molecular complexity index is 687. The molecule has 0 aliphatic rings. The Labute approximate surface area is 116 Å². The van der Waals surface area contributed by atoms with Crippen LogP contribution in [0.15, 0.2) is 29.2 Å². The third kappa shape index (κ3) is 2.61. The number of hydrogen-bond acceptors (Lipinski definition) is 3. The first-order chi connectivity index (χ1) is 9.56. The Morgan fingerprint density at radius 2 is 2.05 bits per heavy atom. The molecule has 5 nitrogen and oxygen atoms in total. The maximum absolute atomic E-state index is 11.7. The number of carbonyl (C=O) groups excluding carboxylic acids is 1. The van der Waals surface area contributed by atoms with Crippen molar-refractivity contribution >= 4 is 5.91 Å². The predicted octanol–water partition coefficient (Wildman–Crippen LogP) is 1.66. The number of pyridine rings is 2. The van der Waals surface area contributed by atoms with Gasteiger partial charge in [0.15, 0.2) is 0 Å². The van der Waals surface area contributed by atoms with E-state index in [4.69, 9.17) is 5.73 Å². The SMILES string of the molecule is CCc1ccc(-c2cc(C(N)=O)c(=O)[nH]c2CC)nc1. The Hall–Kier alpha value is -2.43. The maximum Gasteiger partial charge on any atom is 0.261 e. The third-order valence-electron chi connectivity index (χ3n) is 3.25. The fourth-order valence-corrected chi connectivity index (χ4v) is 2.05. The molecule has 0 unspecified atom stereocenters. The van der Waals surface area contributed by atoms with E-state index in [2.05, 4.69) is 16.9 Å². The first kappa shape index (κ1) is 14.0. The molecule has 0 aromatic carbocycles. The molecular formula is C15H17N3O2. The number of rotatable bonds is 4. The number of amides is 1. The molecule has 0 saturated carbocycles. The van der Waals surface area contributed by atoms with Crippen LogP contribution < -0.4 is 11.3 Å². The van der Waals surface area contributed by atoms with Gasteiger partial charge in [-0.1, -0.05) is 19.9 Å². The first-order valence-corrected chi connectivity index (χ1v) is 6.58. The first-order valence-electron chi connectivity index (χ1n) is 6.58. The van der Waals surface area contributed by atoms with E-state index in [-0.39, 0.29) is 5.56 Å². The largest absolute Gasteiger partial charge is 0.365 e. The molecule has 1 amide bonds. The standard InChI is InChI=1S/C15H17N3O2/c1-3-9-5-6-13(17-8-9)10-7-11(14(16)19)15(20)18-12(10)4-2/h5-8H,3-4H2,1-2H3,(H2,16,19)(H,18,20). The molecule has 2 aromatic heterocycles. The summed E-state index contributed by atoms with van der Waals surface area (Å²) in [5, 5.41) is 0. The summed E-state index contributed by atoms with van der Waals surface area (Å²) in [6, 6.07) is 5.39. The number of aryl methyl sites for hydroxylation is 2. The smallest absolute Gasteiger partial charge is 0.261 e. The van der Waals surface area contributed by atoms with Gasteiger partial charge in [0, 0.05) is 17.5 Å². The van der Waals surface area contributed by atoms with Crippen LogP contribution in [0.4, 0.5) is 0 Å². The van der Waals surface area contributed by atoms with E-state index in [0.717, 1.165) is 28.9 Å². The van der Waals surface area contributed by atoms with E-state index < -0.39 is 11.5 Å². The van der Waals surface area contributed by atoms with Crippen LogP contribution in [-0.4, -0.2) is 15.9 Å². The topological polar surface area (TPSA) is 88.8 Å². The molecule has 5 heteroatoms. The number of hydrogen-bond donors (Lipinski definition) is 2. The summed E-state index contributed by atoms with van der Waals surface area (Å²) in [7, 11) is 0. The number of carbonyl (C=O) groups is 1. The van der Waals surface area contributed by atoms with Gasteiger partial charge in [-0.15, -0.1) is 0 Å². The average molecular weight is 271 g/mol. The number of aromatic amines is 1. The summed E-state index contributed by atoms with van der Waals surface area (Å²) in [5.41, 5.74) is 8.06. The lowest BCUT2D eigenvalue weighted by Gasteiger charge is -2.09. The highest BCUT2D eigenvalue weighted by Crippen LogP contribution is 2.21. The fraction of sp³-hybridized carbons (Fsp3) is 0.267. The van der Waals surface area contributed by atoms with Crippen LogP contribution in [0.1, 0.15) is 35.5 Å². The van der Waals surface area contributed by atoms with Crippen molar-refractivity contribution in [3.8, 4) is 11.3 Å². The van der Waals surface area contributed by atoms with Gasteiger partial charge in [-0.05, 0) is 30.5 Å². The van der Waals surface area contributed by atoms with Crippen molar-refractivity contribution in [1.82, 2.24) is 9.97 Å². The zero-order chi connectivity index (χ0) is 14.7. The van der Waals surface area contributed by atoms with E-state index in [1.807, 2.05) is 19.1 Å². The summed E-state index contributed by atoms with van der Waals surface area (Å²) in [6.07, 6.45) is 3.34. The Morgan fingerprint density at radius 3 is 2.55 bits per heavy atom. The number of nitrogens with zero attached hydrogens (tertiary/aromatic N) is 1. The van der Waals surface area contributed by atoms with Gasteiger partial charge in [-0.25, -0.2) is 0 Å². The molecule has 2 rings (SSSR count). The van der Waals surface area contributed by atoms with Gasteiger partial charge in [0.2, 0.25) is 0 Å². The highest BCUT2D eigenvalue weighted by molar-refractivity contribution is 5.93. The van der Waals surface area contributed by atoms with Crippen LogP contribution in [0.5, 0.6) is 0 Å². The van der Waals surface area contributed by atoms with Crippen molar-refractivity contribution in [3.05, 3.63) is 51.6 Å². The van der Waals surface area contributed by atoms with Crippen molar-refractivity contribution in [2.24, 2.45) is 5.73 Å². The summed E-state index contributed by atoms with van der Waals surface area (Å²) in [4.78, 5) is 30.1. The number of primary amides is 1. The Morgan fingerprint density at radius 1 is 1.30 bits per heavy atom. The van der Waals surface area contributed by atoms with Gasteiger partial charge in [0.25, 0.3) is 11.5 Å². The van der Waals surface area contributed by atoms with Gasteiger partial charge in [0.1, 0.15) is 5.56 Å². The van der Waals surface area contributed by atoms with Crippen molar-refractivity contribution < 1.29 is 4.79 Å². The van der Waals surface area contributed by atoms with Crippen LogP contribution in [0, 0.1) is 0 Å². The van der Waals surface area contributed by atoms with Gasteiger partial charge in [-0.3, -0.25) is 14.6 Å². The molecule has 0 bridgehead atoms. The van der Waals surface area contributed by atoms with Gasteiger partial charge < -0.3 is 10.7 Å². The second-order valence-corrected chi connectivity index (χ2v) is 4.53. The summed E-state index contributed by atoms with van der Waals surface area (Å²) in [5.74, 6) is -0.736.